The van der Waals surface area contributed by atoms with Gasteiger partial charge in [-0.2, -0.15) is 0 Å². The fourth-order valence-electron chi connectivity index (χ4n) is 1.47. The summed E-state index contributed by atoms with van der Waals surface area (Å²) in [6, 6.07) is 8.61. The summed E-state index contributed by atoms with van der Waals surface area (Å²) in [4.78, 5) is 0. The molecule has 0 radical (unpaired) electrons. The first-order valence-corrected chi connectivity index (χ1v) is 4.64. The van der Waals surface area contributed by atoms with Crippen LogP contribution < -0.4 is 0 Å². The fourth-order valence-corrected chi connectivity index (χ4v) is 1.47. The SMILES string of the molecule is CCC(O)(CC(F)F)c1ccccc1. The van der Waals surface area contributed by atoms with Gasteiger partial charge in [0.2, 0.25) is 6.43 Å². The number of hydrogen-bond acceptors (Lipinski definition) is 1. The topological polar surface area (TPSA) is 20.2 Å². The summed E-state index contributed by atoms with van der Waals surface area (Å²) in [5.74, 6) is 0. The van der Waals surface area contributed by atoms with Gasteiger partial charge in [-0.15, -0.1) is 0 Å². The molecule has 0 saturated carbocycles. The molecule has 3 heteroatoms. The Morgan fingerprint density at radius 2 is 1.86 bits per heavy atom. The summed E-state index contributed by atoms with van der Waals surface area (Å²) in [6.45, 7) is 1.70. The van der Waals surface area contributed by atoms with E-state index >= 15 is 0 Å². The van der Waals surface area contributed by atoms with Crippen LogP contribution in [0.15, 0.2) is 30.3 Å². The third kappa shape index (κ3) is 2.51. The minimum atomic E-state index is -2.49. The van der Waals surface area contributed by atoms with Gasteiger partial charge >= 0.3 is 0 Å². The Hall–Kier alpha value is -0.960. The molecule has 1 atom stereocenters. The molecule has 0 aliphatic carbocycles. The minimum absolute atomic E-state index is 0.293. The molecule has 1 aromatic rings. The zero-order chi connectivity index (χ0) is 10.6. The first kappa shape index (κ1) is 11.1. The largest absolute Gasteiger partial charge is 0.385 e. The molecule has 0 aliphatic heterocycles. The highest BCUT2D eigenvalue weighted by Gasteiger charge is 2.30. The molecular formula is C11H14F2O. The molecule has 0 fully saturated rings. The molecule has 1 rings (SSSR count). The second-order valence-electron chi connectivity index (χ2n) is 3.35. The first-order chi connectivity index (χ1) is 6.58. The molecule has 0 bridgehead atoms. The highest BCUT2D eigenvalue weighted by Crippen LogP contribution is 2.30. The smallest absolute Gasteiger partial charge is 0.241 e. The highest BCUT2D eigenvalue weighted by atomic mass is 19.3. The molecule has 0 heterocycles. The highest BCUT2D eigenvalue weighted by molar-refractivity contribution is 5.22. The molecule has 0 spiro atoms. The van der Waals surface area contributed by atoms with E-state index in [-0.39, 0.29) is 0 Å². The van der Waals surface area contributed by atoms with Crippen molar-refractivity contribution >= 4 is 0 Å². The molecule has 0 amide bonds. The van der Waals surface area contributed by atoms with E-state index in [1.165, 1.54) is 0 Å². The maximum Gasteiger partial charge on any atom is 0.241 e. The zero-order valence-corrected chi connectivity index (χ0v) is 8.08. The van der Waals surface area contributed by atoms with Crippen molar-refractivity contribution in [2.45, 2.75) is 31.8 Å². The van der Waals surface area contributed by atoms with Gasteiger partial charge in [0.25, 0.3) is 0 Å². The van der Waals surface area contributed by atoms with Crippen LogP contribution in [0.2, 0.25) is 0 Å². The van der Waals surface area contributed by atoms with Crippen molar-refractivity contribution in [3.8, 4) is 0 Å². The second-order valence-corrected chi connectivity index (χ2v) is 3.35. The standard InChI is InChI=1S/C11H14F2O/c1-2-11(14,8-10(12)13)9-6-4-3-5-7-9/h3-7,10,14H,2,8H2,1H3. The van der Waals surface area contributed by atoms with Crippen molar-refractivity contribution in [3.05, 3.63) is 35.9 Å². The predicted octanol–water partition coefficient (Wildman–Crippen LogP) is 2.94. The summed E-state index contributed by atoms with van der Waals surface area (Å²) in [7, 11) is 0. The Bertz CT molecular complexity index is 274. The summed E-state index contributed by atoms with van der Waals surface area (Å²) >= 11 is 0. The average molecular weight is 200 g/mol. The van der Waals surface area contributed by atoms with E-state index < -0.39 is 18.4 Å². The summed E-state index contributed by atoms with van der Waals surface area (Å²) < 4.78 is 24.5. The van der Waals surface area contributed by atoms with E-state index in [1.54, 1.807) is 37.3 Å². The maximum absolute atomic E-state index is 12.2. The maximum atomic E-state index is 12.2. The van der Waals surface area contributed by atoms with E-state index in [2.05, 4.69) is 0 Å². The van der Waals surface area contributed by atoms with E-state index in [9.17, 15) is 13.9 Å². The van der Waals surface area contributed by atoms with Gasteiger partial charge in [-0.3, -0.25) is 0 Å². The number of halogens is 2. The van der Waals surface area contributed by atoms with Crippen LogP contribution in [-0.4, -0.2) is 11.5 Å². The number of hydrogen-bond donors (Lipinski definition) is 1. The van der Waals surface area contributed by atoms with Gasteiger partial charge < -0.3 is 5.11 Å². The molecule has 0 saturated heterocycles. The second kappa shape index (κ2) is 4.51. The number of alkyl halides is 2. The van der Waals surface area contributed by atoms with Gasteiger partial charge in [0.15, 0.2) is 0 Å². The fraction of sp³-hybridized carbons (Fsp3) is 0.455. The van der Waals surface area contributed by atoms with E-state index in [0.29, 0.717) is 12.0 Å². The molecule has 1 unspecified atom stereocenters. The van der Waals surface area contributed by atoms with Crippen molar-refractivity contribution < 1.29 is 13.9 Å². The number of rotatable bonds is 4. The van der Waals surface area contributed by atoms with Crippen LogP contribution in [0.25, 0.3) is 0 Å². The lowest BCUT2D eigenvalue weighted by atomic mass is 9.88. The first-order valence-electron chi connectivity index (χ1n) is 4.64. The van der Waals surface area contributed by atoms with Gasteiger partial charge in [-0.05, 0) is 12.0 Å². The summed E-state index contributed by atoms with van der Waals surface area (Å²) in [6.07, 6.45) is -2.70. The van der Waals surface area contributed by atoms with Crippen molar-refractivity contribution in [2.24, 2.45) is 0 Å². The minimum Gasteiger partial charge on any atom is -0.385 e. The molecule has 1 N–H and O–H groups in total. The van der Waals surface area contributed by atoms with Crippen molar-refractivity contribution in [2.75, 3.05) is 0 Å². The molecule has 78 valence electrons. The van der Waals surface area contributed by atoms with Crippen LogP contribution in [0.5, 0.6) is 0 Å². The Kier molecular flexibility index (Phi) is 3.58. The summed E-state index contributed by atoms with van der Waals surface area (Å²) in [5, 5.41) is 9.98. The van der Waals surface area contributed by atoms with Crippen molar-refractivity contribution in [1.82, 2.24) is 0 Å². The van der Waals surface area contributed by atoms with E-state index in [1.807, 2.05) is 0 Å². The third-order valence-corrected chi connectivity index (χ3v) is 2.39. The summed E-state index contributed by atoms with van der Waals surface area (Å²) in [5.41, 5.74) is -0.835. The number of aliphatic hydroxyl groups is 1. The quantitative estimate of drug-likeness (QED) is 0.792. The lowest BCUT2D eigenvalue weighted by Gasteiger charge is -2.26. The Morgan fingerprint density at radius 3 is 2.29 bits per heavy atom. The van der Waals surface area contributed by atoms with Gasteiger partial charge in [0.1, 0.15) is 0 Å². The Labute approximate surface area is 82.4 Å². The van der Waals surface area contributed by atoms with Crippen LogP contribution in [0.4, 0.5) is 8.78 Å². The lowest BCUT2D eigenvalue weighted by Crippen LogP contribution is -2.27. The molecule has 0 aromatic heterocycles. The monoisotopic (exact) mass is 200 g/mol. The average Bonchev–Trinajstić information content (AvgIpc) is 2.18. The van der Waals surface area contributed by atoms with E-state index in [0.717, 1.165) is 0 Å². The van der Waals surface area contributed by atoms with Crippen LogP contribution in [0, 0.1) is 0 Å². The van der Waals surface area contributed by atoms with E-state index in [4.69, 9.17) is 0 Å². The van der Waals surface area contributed by atoms with Crippen molar-refractivity contribution in [1.29, 1.82) is 0 Å². The lowest BCUT2D eigenvalue weighted by molar-refractivity contribution is -0.0295. The van der Waals surface area contributed by atoms with Gasteiger partial charge in [0, 0.05) is 6.42 Å². The number of benzene rings is 1. The Morgan fingerprint density at radius 1 is 1.29 bits per heavy atom. The van der Waals surface area contributed by atoms with Gasteiger partial charge in [-0.25, -0.2) is 8.78 Å². The molecule has 1 aromatic carbocycles. The van der Waals surface area contributed by atoms with Gasteiger partial charge in [-0.1, -0.05) is 37.3 Å². The van der Waals surface area contributed by atoms with Crippen LogP contribution in [0.1, 0.15) is 25.3 Å². The Balaban J connectivity index is 2.90. The normalized spacial score (nSPS) is 15.5. The van der Waals surface area contributed by atoms with Crippen molar-refractivity contribution in [3.63, 3.8) is 0 Å². The van der Waals surface area contributed by atoms with Crippen LogP contribution in [-0.2, 0) is 5.60 Å². The zero-order valence-electron chi connectivity index (χ0n) is 8.08. The molecule has 0 aliphatic rings. The molecule has 1 nitrogen and oxygen atoms in total. The third-order valence-electron chi connectivity index (χ3n) is 2.39. The molecule has 14 heavy (non-hydrogen) atoms. The van der Waals surface area contributed by atoms with Gasteiger partial charge in [0.05, 0.1) is 5.60 Å². The predicted molar refractivity (Wildman–Crippen MR) is 51.3 cm³/mol. The molecular weight excluding hydrogens is 186 g/mol. The van der Waals surface area contributed by atoms with Crippen LogP contribution in [0.3, 0.4) is 0 Å². The van der Waals surface area contributed by atoms with Crippen LogP contribution >= 0.6 is 0 Å².